The first-order chi connectivity index (χ1) is 6.01. The van der Waals surface area contributed by atoms with Crippen LogP contribution in [0.25, 0.3) is 0 Å². The van der Waals surface area contributed by atoms with Gasteiger partial charge in [-0.3, -0.25) is 0 Å². The molecule has 0 unspecified atom stereocenters. The third-order valence-electron chi connectivity index (χ3n) is 1.19. The Morgan fingerprint density at radius 1 is 1.00 bits per heavy atom. The van der Waals surface area contributed by atoms with Crippen LogP contribution in [0.15, 0.2) is 24.3 Å². The minimum absolute atomic E-state index is 0. The summed E-state index contributed by atoms with van der Waals surface area (Å²) in [5, 5.41) is 0. The number of ether oxygens (including phenoxy) is 1. The van der Waals surface area contributed by atoms with Gasteiger partial charge in [0.15, 0.2) is 0 Å². The molecule has 0 spiro atoms. The standard InChI is InChI=1S/C7H6F3NO2.ClH/c8-7(9,10)12-5-1-3-6(13-11)4-2-5;/h1-4H,11H2;1H. The molecule has 14 heavy (non-hydrogen) atoms. The zero-order chi connectivity index (χ0) is 9.90. The molecule has 0 aliphatic heterocycles. The van der Waals surface area contributed by atoms with Gasteiger partial charge < -0.3 is 9.57 Å². The quantitative estimate of drug-likeness (QED) is 0.791. The van der Waals surface area contributed by atoms with E-state index in [1.54, 1.807) is 0 Å². The van der Waals surface area contributed by atoms with Crippen LogP contribution in [0, 0.1) is 0 Å². The van der Waals surface area contributed by atoms with Crippen LogP contribution in [0.1, 0.15) is 0 Å². The molecule has 0 saturated carbocycles. The third kappa shape index (κ3) is 4.20. The van der Waals surface area contributed by atoms with Gasteiger partial charge in [0.25, 0.3) is 0 Å². The number of benzene rings is 1. The van der Waals surface area contributed by atoms with Crippen LogP contribution in [-0.2, 0) is 0 Å². The monoisotopic (exact) mass is 229 g/mol. The fraction of sp³-hybridized carbons (Fsp3) is 0.143. The van der Waals surface area contributed by atoms with E-state index < -0.39 is 6.36 Å². The van der Waals surface area contributed by atoms with Crippen molar-refractivity contribution >= 4 is 12.4 Å². The summed E-state index contributed by atoms with van der Waals surface area (Å²) in [6.07, 6.45) is -4.68. The first-order valence-corrected chi connectivity index (χ1v) is 3.24. The third-order valence-corrected chi connectivity index (χ3v) is 1.19. The molecule has 7 heteroatoms. The molecule has 1 aromatic rings. The minimum atomic E-state index is -4.68. The number of nitrogens with two attached hydrogens (primary N) is 1. The molecular weight excluding hydrogens is 223 g/mol. The second-order valence-electron chi connectivity index (χ2n) is 2.14. The normalized spacial score (nSPS) is 10.3. The van der Waals surface area contributed by atoms with Crippen molar-refractivity contribution in [2.75, 3.05) is 0 Å². The molecule has 3 nitrogen and oxygen atoms in total. The summed E-state index contributed by atoms with van der Waals surface area (Å²) in [4.78, 5) is 4.26. The molecule has 0 saturated heterocycles. The Labute approximate surface area is 84.0 Å². The summed E-state index contributed by atoms with van der Waals surface area (Å²) in [6, 6.07) is 4.74. The summed E-state index contributed by atoms with van der Waals surface area (Å²) in [6.45, 7) is 0. The van der Waals surface area contributed by atoms with E-state index in [9.17, 15) is 13.2 Å². The van der Waals surface area contributed by atoms with Crippen LogP contribution >= 0.6 is 12.4 Å². The Morgan fingerprint density at radius 3 is 1.79 bits per heavy atom. The van der Waals surface area contributed by atoms with Gasteiger partial charge in [0, 0.05) is 0 Å². The second-order valence-corrected chi connectivity index (χ2v) is 2.14. The van der Waals surface area contributed by atoms with Gasteiger partial charge in [-0.05, 0) is 24.3 Å². The Morgan fingerprint density at radius 2 is 1.43 bits per heavy atom. The predicted octanol–water partition coefficient (Wildman–Crippen LogP) is 2.26. The van der Waals surface area contributed by atoms with Crippen molar-refractivity contribution < 1.29 is 22.7 Å². The van der Waals surface area contributed by atoms with Crippen molar-refractivity contribution in [2.24, 2.45) is 5.90 Å². The van der Waals surface area contributed by atoms with E-state index in [-0.39, 0.29) is 23.9 Å². The number of hydrogen-bond acceptors (Lipinski definition) is 3. The van der Waals surface area contributed by atoms with E-state index in [1.165, 1.54) is 12.1 Å². The Bertz CT molecular complexity index is 275. The Hall–Kier alpha value is -1.14. The molecule has 0 aromatic heterocycles. The lowest BCUT2D eigenvalue weighted by Crippen LogP contribution is -2.17. The summed E-state index contributed by atoms with van der Waals surface area (Å²) < 4.78 is 38.5. The highest BCUT2D eigenvalue weighted by Crippen LogP contribution is 2.24. The molecule has 1 rings (SSSR count). The van der Waals surface area contributed by atoms with Crippen molar-refractivity contribution in [3.8, 4) is 11.5 Å². The topological polar surface area (TPSA) is 44.5 Å². The molecule has 1 aromatic carbocycles. The van der Waals surface area contributed by atoms with Crippen LogP contribution in [-0.4, -0.2) is 6.36 Å². The average Bonchev–Trinajstić information content (AvgIpc) is 2.03. The van der Waals surface area contributed by atoms with Gasteiger partial charge in [0.2, 0.25) is 0 Å². The van der Waals surface area contributed by atoms with Gasteiger partial charge >= 0.3 is 6.36 Å². The Kier molecular flexibility index (Phi) is 4.52. The van der Waals surface area contributed by atoms with Gasteiger partial charge in [-0.15, -0.1) is 25.6 Å². The molecule has 0 amide bonds. The van der Waals surface area contributed by atoms with Crippen molar-refractivity contribution in [3.63, 3.8) is 0 Å². The van der Waals surface area contributed by atoms with Gasteiger partial charge in [-0.2, -0.15) is 5.90 Å². The maximum Gasteiger partial charge on any atom is 0.573 e. The maximum atomic E-state index is 11.6. The number of rotatable bonds is 2. The van der Waals surface area contributed by atoms with Gasteiger partial charge in [-0.1, -0.05) is 0 Å². The van der Waals surface area contributed by atoms with Gasteiger partial charge in [-0.25, -0.2) is 0 Å². The molecule has 0 radical (unpaired) electrons. The second kappa shape index (κ2) is 4.92. The summed E-state index contributed by atoms with van der Waals surface area (Å²) in [5.74, 6) is 4.71. The first-order valence-electron chi connectivity index (χ1n) is 3.24. The predicted molar refractivity (Wildman–Crippen MR) is 45.2 cm³/mol. The SMILES string of the molecule is Cl.NOc1ccc(OC(F)(F)F)cc1. The number of alkyl halides is 3. The van der Waals surface area contributed by atoms with Crippen LogP contribution in [0.2, 0.25) is 0 Å². The van der Waals surface area contributed by atoms with Gasteiger partial charge in [0.05, 0.1) is 0 Å². The molecular formula is C7H7ClF3NO2. The molecule has 80 valence electrons. The van der Waals surface area contributed by atoms with Crippen LogP contribution in [0.4, 0.5) is 13.2 Å². The lowest BCUT2D eigenvalue weighted by atomic mass is 10.3. The van der Waals surface area contributed by atoms with E-state index in [2.05, 4.69) is 9.57 Å². The maximum absolute atomic E-state index is 11.6. The van der Waals surface area contributed by atoms with Crippen LogP contribution in [0.3, 0.4) is 0 Å². The molecule has 2 N–H and O–H groups in total. The highest BCUT2D eigenvalue weighted by molar-refractivity contribution is 5.85. The molecule has 0 atom stereocenters. The molecule has 0 bridgehead atoms. The largest absolute Gasteiger partial charge is 0.573 e. The molecule has 0 heterocycles. The zero-order valence-corrected chi connectivity index (χ0v) is 7.56. The fourth-order valence-corrected chi connectivity index (χ4v) is 0.720. The van der Waals surface area contributed by atoms with Crippen molar-refractivity contribution in [3.05, 3.63) is 24.3 Å². The number of halogens is 4. The van der Waals surface area contributed by atoms with E-state index in [0.717, 1.165) is 12.1 Å². The summed E-state index contributed by atoms with van der Waals surface area (Å²) in [7, 11) is 0. The van der Waals surface area contributed by atoms with Crippen molar-refractivity contribution in [1.29, 1.82) is 0 Å². The van der Waals surface area contributed by atoms with Crippen LogP contribution < -0.4 is 15.5 Å². The van der Waals surface area contributed by atoms with E-state index in [0.29, 0.717) is 0 Å². The van der Waals surface area contributed by atoms with E-state index in [1.807, 2.05) is 0 Å². The van der Waals surface area contributed by atoms with E-state index in [4.69, 9.17) is 5.90 Å². The van der Waals surface area contributed by atoms with E-state index >= 15 is 0 Å². The zero-order valence-electron chi connectivity index (χ0n) is 6.75. The van der Waals surface area contributed by atoms with Crippen molar-refractivity contribution in [1.82, 2.24) is 0 Å². The average molecular weight is 230 g/mol. The highest BCUT2D eigenvalue weighted by Gasteiger charge is 2.30. The molecule has 0 aliphatic carbocycles. The first kappa shape index (κ1) is 12.9. The molecule has 0 fully saturated rings. The minimum Gasteiger partial charge on any atom is -0.412 e. The number of hydrogen-bond donors (Lipinski definition) is 1. The smallest absolute Gasteiger partial charge is 0.412 e. The summed E-state index contributed by atoms with van der Waals surface area (Å²) >= 11 is 0. The summed E-state index contributed by atoms with van der Waals surface area (Å²) in [5.41, 5.74) is 0. The van der Waals surface area contributed by atoms with Crippen molar-refractivity contribution in [2.45, 2.75) is 6.36 Å². The Balaban J connectivity index is 0.00000169. The lowest BCUT2D eigenvalue weighted by molar-refractivity contribution is -0.274. The highest BCUT2D eigenvalue weighted by atomic mass is 35.5. The van der Waals surface area contributed by atoms with Crippen LogP contribution in [0.5, 0.6) is 11.5 Å². The fourth-order valence-electron chi connectivity index (χ4n) is 0.720. The lowest BCUT2D eigenvalue weighted by Gasteiger charge is -2.08. The molecule has 0 aliphatic rings. The van der Waals surface area contributed by atoms with Gasteiger partial charge in [0.1, 0.15) is 11.5 Å².